The van der Waals surface area contributed by atoms with Gasteiger partial charge in [0, 0.05) is 18.3 Å². The highest BCUT2D eigenvalue weighted by atomic mass is 16.5. The lowest BCUT2D eigenvalue weighted by Crippen LogP contribution is -2.27. The van der Waals surface area contributed by atoms with Crippen LogP contribution in [-0.4, -0.2) is 34.9 Å². The van der Waals surface area contributed by atoms with Gasteiger partial charge in [-0.05, 0) is 38.1 Å². The maximum atomic E-state index is 12.9. The van der Waals surface area contributed by atoms with Crippen molar-refractivity contribution < 1.29 is 14.3 Å². The van der Waals surface area contributed by atoms with Gasteiger partial charge >= 0.3 is 0 Å². The Bertz CT molecular complexity index is 965. The summed E-state index contributed by atoms with van der Waals surface area (Å²) < 4.78 is 12.4. The van der Waals surface area contributed by atoms with Gasteiger partial charge in [-0.25, -0.2) is 4.98 Å². The second kappa shape index (κ2) is 7.03. The number of fused-ring (bicyclic) bond motifs is 1. The lowest BCUT2D eigenvalue weighted by molar-refractivity contribution is 0.0941. The Morgan fingerprint density at radius 1 is 1.23 bits per heavy atom. The smallest absolute Gasteiger partial charge is 0.252 e. The normalized spacial score (nSPS) is 12.0. The summed E-state index contributed by atoms with van der Waals surface area (Å²) in [6.07, 6.45) is 1.66. The molecule has 7 heteroatoms. The van der Waals surface area contributed by atoms with Crippen LogP contribution in [0.4, 0.5) is 0 Å². The lowest BCUT2D eigenvalue weighted by atomic mass is 10.1. The minimum absolute atomic E-state index is 0.189. The molecule has 2 aromatic heterocycles. The summed E-state index contributed by atoms with van der Waals surface area (Å²) in [7, 11) is 5.01. The van der Waals surface area contributed by atoms with E-state index in [2.05, 4.69) is 15.4 Å². The van der Waals surface area contributed by atoms with Crippen molar-refractivity contribution in [2.45, 2.75) is 19.9 Å². The Morgan fingerprint density at radius 3 is 2.69 bits per heavy atom. The van der Waals surface area contributed by atoms with Crippen molar-refractivity contribution in [3.05, 3.63) is 47.3 Å². The van der Waals surface area contributed by atoms with E-state index < -0.39 is 0 Å². The third-order valence-electron chi connectivity index (χ3n) is 4.33. The maximum Gasteiger partial charge on any atom is 0.252 e. The van der Waals surface area contributed by atoms with Crippen molar-refractivity contribution in [2.75, 3.05) is 14.2 Å². The Kier molecular flexibility index (Phi) is 4.79. The first-order valence-corrected chi connectivity index (χ1v) is 8.26. The highest BCUT2D eigenvalue weighted by Crippen LogP contribution is 2.29. The Labute approximate surface area is 151 Å². The van der Waals surface area contributed by atoms with Gasteiger partial charge in [0.05, 0.1) is 37.4 Å². The van der Waals surface area contributed by atoms with Crippen molar-refractivity contribution >= 4 is 16.9 Å². The summed E-state index contributed by atoms with van der Waals surface area (Å²) in [6.45, 7) is 3.77. The van der Waals surface area contributed by atoms with Crippen LogP contribution in [0.25, 0.3) is 11.0 Å². The van der Waals surface area contributed by atoms with E-state index in [0.29, 0.717) is 22.7 Å². The standard InChI is InChI=1S/C19H22N4O3/c1-11-8-15(16-10-20-23(3)18(16)21-11)19(24)22-12(2)14-9-13(25-4)6-7-17(14)26-5/h6-10,12H,1-5H3,(H,22,24)/t12-/m0/s1. The Morgan fingerprint density at radius 2 is 2.00 bits per heavy atom. The van der Waals surface area contributed by atoms with E-state index in [1.54, 1.807) is 38.2 Å². The second-order valence-electron chi connectivity index (χ2n) is 6.12. The molecule has 0 radical (unpaired) electrons. The second-order valence-corrected chi connectivity index (χ2v) is 6.12. The molecule has 7 nitrogen and oxygen atoms in total. The topological polar surface area (TPSA) is 78.3 Å². The molecule has 0 unspecified atom stereocenters. The van der Waals surface area contributed by atoms with Crippen LogP contribution in [0.2, 0.25) is 0 Å². The van der Waals surface area contributed by atoms with Crippen LogP contribution >= 0.6 is 0 Å². The number of nitrogens with one attached hydrogen (secondary N) is 1. The van der Waals surface area contributed by atoms with Crippen LogP contribution in [0.5, 0.6) is 11.5 Å². The zero-order valence-electron chi connectivity index (χ0n) is 15.5. The molecular formula is C19H22N4O3. The number of hydrogen-bond acceptors (Lipinski definition) is 5. The molecule has 0 saturated heterocycles. The zero-order chi connectivity index (χ0) is 18.8. The lowest BCUT2D eigenvalue weighted by Gasteiger charge is -2.18. The SMILES string of the molecule is COc1ccc(OC)c([C@H](C)NC(=O)c2cc(C)nc3c2cnn3C)c1. The fourth-order valence-electron chi connectivity index (χ4n) is 2.96. The summed E-state index contributed by atoms with van der Waals surface area (Å²) in [6, 6.07) is 7.01. The molecule has 3 rings (SSSR count). The average molecular weight is 354 g/mol. The molecule has 0 fully saturated rings. The Balaban J connectivity index is 1.93. The molecule has 0 saturated carbocycles. The largest absolute Gasteiger partial charge is 0.497 e. The molecule has 0 bridgehead atoms. The number of hydrogen-bond donors (Lipinski definition) is 1. The molecule has 0 aliphatic rings. The third kappa shape index (κ3) is 3.20. The number of nitrogens with zero attached hydrogens (tertiary/aromatic N) is 3. The summed E-state index contributed by atoms with van der Waals surface area (Å²) >= 11 is 0. The van der Waals surface area contributed by atoms with Gasteiger partial charge in [-0.3, -0.25) is 9.48 Å². The molecule has 26 heavy (non-hydrogen) atoms. The monoisotopic (exact) mass is 354 g/mol. The predicted molar refractivity (Wildman–Crippen MR) is 98.7 cm³/mol. The summed E-state index contributed by atoms with van der Waals surface area (Å²) in [5.41, 5.74) is 2.84. The van der Waals surface area contributed by atoms with E-state index in [1.807, 2.05) is 32.0 Å². The van der Waals surface area contributed by atoms with Gasteiger partial charge < -0.3 is 14.8 Å². The number of rotatable bonds is 5. The number of benzene rings is 1. The first-order valence-electron chi connectivity index (χ1n) is 8.26. The molecule has 136 valence electrons. The molecule has 1 N–H and O–H groups in total. The van der Waals surface area contributed by atoms with Crippen molar-refractivity contribution in [1.82, 2.24) is 20.1 Å². The van der Waals surface area contributed by atoms with E-state index >= 15 is 0 Å². The number of aryl methyl sites for hydroxylation is 2. The minimum Gasteiger partial charge on any atom is -0.497 e. The number of pyridine rings is 1. The van der Waals surface area contributed by atoms with Crippen LogP contribution < -0.4 is 14.8 Å². The summed E-state index contributed by atoms with van der Waals surface area (Å²) in [5.74, 6) is 1.21. The first-order chi connectivity index (χ1) is 12.4. The van der Waals surface area contributed by atoms with Crippen LogP contribution in [0.3, 0.4) is 0 Å². The van der Waals surface area contributed by atoms with E-state index in [1.165, 1.54) is 0 Å². The molecular weight excluding hydrogens is 332 g/mol. The quantitative estimate of drug-likeness (QED) is 0.762. The number of methoxy groups -OCH3 is 2. The number of carbonyl (C=O) groups is 1. The van der Waals surface area contributed by atoms with Gasteiger partial charge in [0.25, 0.3) is 5.91 Å². The van der Waals surface area contributed by atoms with Gasteiger partial charge in [0.1, 0.15) is 11.5 Å². The van der Waals surface area contributed by atoms with E-state index in [-0.39, 0.29) is 11.9 Å². The highest BCUT2D eigenvalue weighted by Gasteiger charge is 2.19. The predicted octanol–water partition coefficient (Wildman–Crippen LogP) is 2.78. The number of ether oxygens (including phenoxy) is 2. The van der Waals surface area contributed by atoms with Gasteiger partial charge in [-0.2, -0.15) is 5.10 Å². The molecule has 0 aliphatic carbocycles. The molecule has 1 atom stereocenters. The minimum atomic E-state index is -0.271. The van der Waals surface area contributed by atoms with Gasteiger partial charge in [-0.1, -0.05) is 0 Å². The first kappa shape index (κ1) is 17.7. The molecule has 1 amide bonds. The number of aromatic nitrogens is 3. The van der Waals surface area contributed by atoms with Crippen LogP contribution in [-0.2, 0) is 7.05 Å². The molecule has 0 spiro atoms. The van der Waals surface area contributed by atoms with Crippen molar-refractivity contribution in [3.63, 3.8) is 0 Å². The van der Waals surface area contributed by atoms with E-state index in [4.69, 9.17) is 9.47 Å². The van der Waals surface area contributed by atoms with Gasteiger partial charge in [0.15, 0.2) is 5.65 Å². The van der Waals surface area contributed by atoms with Crippen LogP contribution in [0.15, 0.2) is 30.5 Å². The van der Waals surface area contributed by atoms with E-state index in [0.717, 1.165) is 16.6 Å². The van der Waals surface area contributed by atoms with Crippen molar-refractivity contribution in [1.29, 1.82) is 0 Å². The van der Waals surface area contributed by atoms with Gasteiger partial charge in [0.2, 0.25) is 0 Å². The zero-order valence-corrected chi connectivity index (χ0v) is 15.5. The maximum absolute atomic E-state index is 12.9. The van der Waals surface area contributed by atoms with Crippen molar-refractivity contribution in [3.8, 4) is 11.5 Å². The molecule has 1 aromatic carbocycles. The van der Waals surface area contributed by atoms with E-state index in [9.17, 15) is 4.79 Å². The summed E-state index contributed by atoms with van der Waals surface area (Å²) in [4.78, 5) is 17.4. The van der Waals surface area contributed by atoms with Crippen LogP contribution in [0.1, 0.15) is 34.6 Å². The average Bonchev–Trinajstić information content (AvgIpc) is 3.01. The van der Waals surface area contributed by atoms with Gasteiger partial charge in [-0.15, -0.1) is 0 Å². The molecule has 2 heterocycles. The molecule has 0 aliphatic heterocycles. The molecule has 3 aromatic rings. The summed E-state index contributed by atoms with van der Waals surface area (Å²) in [5, 5.41) is 7.96. The highest BCUT2D eigenvalue weighted by molar-refractivity contribution is 6.05. The number of carbonyl (C=O) groups excluding carboxylic acids is 1. The van der Waals surface area contributed by atoms with Crippen molar-refractivity contribution in [2.24, 2.45) is 7.05 Å². The Hall–Kier alpha value is -3.09. The van der Waals surface area contributed by atoms with Crippen LogP contribution in [0, 0.1) is 6.92 Å². The fourth-order valence-corrected chi connectivity index (χ4v) is 2.96. The number of amides is 1. The third-order valence-corrected chi connectivity index (χ3v) is 4.33. The fraction of sp³-hybridized carbons (Fsp3) is 0.316.